The van der Waals surface area contributed by atoms with E-state index in [1.54, 1.807) is 11.0 Å². The van der Waals surface area contributed by atoms with Gasteiger partial charge in [-0.25, -0.2) is 0 Å². The Labute approximate surface area is 123 Å². The number of aromatic hydroxyl groups is 1. The van der Waals surface area contributed by atoms with E-state index in [-0.39, 0.29) is 36.4 Å². The third-order valence-corrected chi connectivity index (χ3v) is 3.69. The van der Waals surface area contributed by atoms with Gasteiger partial charge in [-0.15, -0.1) is 0 Å². The first-order chi connectivity index (χ1) is 9.61. The lowest BCUT2D eigenvalue weighted by molar-refractivity contribution is 0.0703. The zero-order valence-corrected chi connectivity index (χ0v) is 11.9. The largest absolute Gasteiger partial charge is 0.507 e. The maximum Gasteiger partial charge on any atom is 0.257 e. The van der Waals surface area contributed by atoms with Gasteiger partial charge in [0.25, 0.3) is 5.91 Å². The molecule has 110 valence electrons. The maximum absolute atomic E-state index is 12.4. The van der Waals surface area contributed by atoms with Gasteiger partial charge in [-0.1, -0.05) is 11.6 Å². The van der Waals surface area contributed by atoms with Gasteiger partial charge >= 0.3 is 0 Å². The molecule has 2 rings (SSSR count). The topological polar surface area (TPSA) is 72.8 Å². The molecule has 20 heavy (non-hydrogen) atoms. The van der Waals surface area contributed by atoms with E-state index in [9.17, 15) is 9.90 Å². The minimum atomic E-state index is -0.290. The standard InChI is InChI=1S/C14H19ClN2O3/c15-10-3-4-12(13(19)8-10)14(20)17(6-7-18)9-11-2-1-5-16-11/h3-4,8,11,16,18-19H,1-2,5-7,9H2. The molecule has 1 saturated heterocycles. The summed E-state index contributed by atoms with van der Waals surface area (Å²) in [6.07, 6.45) is 2.11. The number of nitrogens with one attached hydrogen (secondary N) is 1. The number of nitrogens with zero attached hydrogens (tertiary/aromatic N) is 1. The van der Waals surface area contributed by atoms with Crippen molar-refractivity contribution >= 4 is 17.5 Å². The van der Waals surface area contributed by atoms with Crippen LogP contribution in [-0.4, -0.2) is 53.3 Å². The van der Waals surface area contributed by atoms with E-state index >= 15 is 0 Å². The monoisotopic (exact) mass is 298 g/mol. The fourth-order valence-corrected chi connectivity index (χ4v) is 2.60. The predicted octanol–water partition coefficient (Wildman–Crippen LogP) is 1.23. The first kappa shape index (κ1) is 15.1. The summed E-state index contributed by atoms with van der Waals surface area (Å²) in [5.74, 6) is -0.424. The molecule has 6 heteroatoms. The van der Waals surface area contributed by atoms with Crippen molar-refractivity contribution in [2.45, 2.75) is 18.9 Å². The van der Waals surface area contributed by atoms with Crippen molar-refractivity contribution in [1.29, 1.82) is 0 Å². The van der Waals surface area contributed by atoms with Gasteiger partial charge in [-0.3, -0.25) is 4.79 Å². The first-order valence-corrected chi connectivity index (χ1v) is 7.11. The molecule has 1 fully saturated rings. The Kier molecular flexibility index (Phi) is 5.23. The van der Waals surface area contributed by atoms with Crippen molar-refractivity contribution in [3.8, 4) is 5.75 Å². The summed E-state index contributed by atoms with van der Waals surface area (Å²) in [6, 6.07) is 4.67. The lowest BCUT2D eigenvalue weighted by atomic mass is 10.1. The number of aliphatic hydroxyl groups is 1. The number of rotatable bonds is 5. The lowest BCUT2D eigenvalue weighted by Crippen LogP contribution is -2.42. The number of amides is 1. The molecule has 1 atom stereocenters. The van der Waals surface area contributed by atoms with Crippen LogP contribution in [0.25, 0.3) is 0 Å². The van der Waals surface area contributed by atoms with Gasteiger partial charge in [0.2, 0.25) is 0 Å². The molecule has 0 aromatic heterocycles. The van der Waals surface area contributed by atoms with Gasteiger partial charge in [0, 0.05) is 24.2 Å². The molecule has 1 amide bonds. The molecule has 1 aromatic rings. The van der Waals surface area contributed by atoms with Crippen LogP contribution in [0.4, 0.5) is 0 Å². The molecule has 0 aliphatic carbocycles. The summed E-state index contributed by atoms with van der Waals surface area (Å²) in [6.45, 7) is 1.63. The molecule has 1 unspecified atom stereocenters. The Morgan fingerprint density at radius 2 is 2.30 bits per heavy atom. The van der Waals surface area contributed by atoms with Crippen LogP contribution < -0.4 is 5.32 Å². The highest BCUT2D eigenvalue weighted by atomic mass is 35.5. The summed E-state index contributed by atoms with van der Waals surface area (Å²) in [5.41, 5.74) is 0.209. The van der Waals surface area contributed by atoms with Crippen LogP contribution in [0.3, 0.4) is 0 Å². The Balaban J connectivity index is 2.12. The zero-order valence-electron chi connectivity index (χ0n) is 11.2. The zero-order chi connectivity index (χ0) is 14.5. The Morgan fingerprint density at radius 3 is 2.90 bits per heavy atom. The summed E-state index contributed by atoms with van der Waals surface area (Å²) in [5, 5.41) is 22.6. The van der Waals surface area contributed by atoms with E-state index in [0.29, 0.717) is 11.6 Å². The number of carbonyl (C=O) groups is 1. The Morgan fingerprint density at radius 1 is 1.50 bits per heavy atom. The van der Waals surface area contributed by atoms with E-state index in [1.807, 2.05) is 0 Å². The second kappa shape index (κ2) is 6.92. The molecular formula is C14H19ClN2O3. The van der Waals surface area contributed by atoms with Crippen LogP contribution >= 0.6 is 11.6 Å². The molecule has 5 nitrogen and oxygen atoms in total. The molecule has 1 aliphatic rings. The minimum Gasteiger partial charge on any atom is -0.507 e. The number of aliphatic hydroxyl groups excluding tert-OH is 1. The summed E-state index contributed by atoms with van der Waals surface area (Å²) < 4.78 is 0. The molecule has 0 saturated carbocycles. The second-order valence-corrected chi connectivity index (χ2v) is 5.37. The smallest absolute Gasteiger partial charge is 0.257 e. The normalized spacial score (nSPS) is 18.2. The van der Waals surface area contributed by atoms with Gasteiger partial charge in [0.05, 0.1) is 12.2 Å². The van der Waals surface area contributed by atoms with E-state index in [0.717, 1.165) is 19.4 Å². The van der Waals surface area contributed by atoms with Crippen molar-refractivity contribution in [3.05, 3.63) is 28.8 Å². The number of hydrogen-bond acceptors (Lipinski definition) is 4. The number of phenolic OH excluding ortho intramolecular Hbond substituents is 1. The minimum absolute atomic E-state index is 0.104. The number of carbonyl (C=O) groups excluding carboxylic acids is 1. The van der Waals surface area contributed by atoms with Gasteiger partial charge in [0.15, 0.2) is 0 Å². The maximum atomic E-state index is 12.4. The highest BCUT2D eigenvalue weighted by molar-refractivity contribution is 6.30. The molecular weight excluding hydrogens is 280 g/mol. The Hall–Kier alpha value is -1.30. The van der Waals surface area contributed by atoms with E-state index in [4.69, 9.17) is 16.7 Å². The Bertz CT molecular complexity index is 475. The fraction of sp³-hybridized carbons (Fsp3) is 0.500. The molecule has 0 radical (unpaired) electrons. The molecule has 1 aromatic carbocycles. The van der Waals surface area contributed by atoms with Crippen LogP contribution in [0.5, 0.6) is 5.75 Å². The van der Waals surface area contributed by atoms with Crippen molar-refractivity contribution in [1.82, 2.24) is 10.2 Å². The second-order valence-electron chi connectivity index (χ2n) is 4.93. The number of halogens is 1. The van der Waals surface area contributed by atoms with Gasteiger partial charge in [-0.2, -0.15) is 0 Å². The third-order valence-electron chi connectivity index (χ3n) is 3.45. The van der Waals surface area contributed by atoms with Gasteiger partial charge < -0.3 is 20.4 Å². The van der Waals surface area contributed by atoms with Crippen LogP contribution in [0.2, 0.25) is 5.02 Å². The predicted molar refractivity (Wildman–Crippen MR) is 77.1 cm³/mol. The number of benzene rings is 1. The summed E-state index contributed by atoms with van der Waals surface area (Å²) in [7, 11) is 0. The molecule has 0 spiro atoms. The average Bonchev–Trinajstić information content (AvgIpc) is 2.90. The summed E-state index contributed by atoms with van der Waals surface area (Å²) in [4.78, 5) is 14.0. The quantitative estimate of drug-likeness (QED) is 0.764. The highest BCUT2D eigenvalue weighted by Crippen LogP contribution is 2.23. The molecule has 1 aliphatic heterocycles. The average molecular weight is 299 g/mol. The van der Waals surface area contributed by atoms with Crippen LogP contribution in [-0.2, 0) is 0 Å². The lowest BCUT2D eigenvalue weighted by Gasteiger charge is -2.25. The van der Waals surface area contributed by atoms with Gasteiger partial charge in [0.1, 0.15) is 5.75 Å². The molecule has 3 N–H and O–H groups in total. The first-order valence-electron chi connectivity index (χ1n) is 6.74. The van der Waals surface area contributed by atoms with Crippen molar-refractivity contribution in [2.24, 2.45) is 0 Å². The van der Waals surface area contributed by atoms with Crippen molar-refractivity contribution < 1.29 is 15.0 Å². The van der Waals surface area contributed by atoms with Gasteiger partial charge in [-0.05, 0) is 37.6 Å². The van der Waals surface area contributed by atoms with Crippen LogP contribution in [0.15, 0.2) is 18.2 Å². The van der Waals surface area contributed by atoms with E-state index in [2.05, 4.69) is 5.32 Å². The molecule has 0 bridgehead atoms. The van der Waals surface area contributed by atoms with Crippen LogP contribution in [0.1, 0.15) is 23.2 Å². The third kappa shape index (κ3) is 3.62. The molecule has 1 heterocycles. The number of hydrogen-bond donors (Lipinski definition) is 3. The SMILES string of the molecule is O=C(c1ccc(Cl)cc1O)N(CCO)CC1CCCN1. The van der Waals surface area contributed by atoms with Crippen molar-refractivity contribution in [3.63, 3.8) is 0 Å². The fourth-order valence-electron chi connectivity index (χ4n) is 2.43. The van der Waals surface area contributed by atoms with Crippen LogP contribution in [0, 0.1) is 0 Å². The van der Waals surface area contributed by atoms with E-state index < -0.39 is 0 Å². The van der Waals surface area contributed by atoms with E-state index in [1.165, 1.54) is 12.1 Å². The highest BCUT2D eigenvalue weighted by Gasteiger charge is 2.23. The summed E-state index contributed by atoms with van der Waals surface area (Å²) >= 11 is 5.76. The van der Waals surface area contributed by atoms with Crippen molar-refractivity contribution in [2.75, 3.05) is 26.2 Å². The number of phenols is 1.